The Morgan fingerprint density at radius 1 is 1.38 bits per heavy atom. The monoisotopic (exact) mass is 365 g/mol. The first-order chi connectivity index (χ1) is 12.6. The van der Waals surface area contributed by atoms with Crippen LogP contribution in [0.1, 0.15) is 27.8 Å². The van der Waals surface area contributed by atoms with Crippen LogP contribution in [-0.2, 0) is 6.54 Å². The zero-order chi connectivity index (χ0) is 18.3. The Morgan fingerprint density at radius 3 is 2.88 bits per heavy atom. The van der Waals surface area contributed by atoms with Crippen molar-refractivity contribution >= 4 is 11.3 Å². The molecular formula is C19H15N3O3S. The first-order valence-corrected chi connectivity index (χ1v) is 8.86. The van der Waals surface area contributed by atoms with Crippen molar-refractivity contribution < 1.29 is 9.15 Å². The van der Waals surface area contributed by atoms with Crippen molar-refractivity contribution in [1.82, 2.24) is 4.57 Å². The highest BCUT2D eigenvalue weighted by Crippen LogP contribution is 2.41. The summed E-state index contributed by atoms with van der Waals surface area (Å²) in [7, 11) is 0. The maximum absolute atomic E-state index is 13.3. The summed E-state index contributed by atoms with van der Waals surface area (Å²) < 4.78 is 12.6. The Bertz CT molecular complexity index is 1090. The Hall–Kier alpha value is -3.24. The van der Waals surface area contributed by atoms with Gasteiger partial charge in [-0.15, -0.1) is 11.3 Å². The first kappa shape index (κ1) is 16.2. The number of furan rings is 1. The number of aromatic nitrogens is 1. The average molecular weight is 365 g/mol. The van der Waals surface area contributed by atoms with E-state index in [9.17, 15) is 10.1 Å². The predicted molar refractivity (Wildman–Crippen MR) is 96.9 cm³/mol. The second-order valence-corrected chi connectivity index (χ2v) is 6.95. The third-order valence-corrected chi connectivity index (χ3v) is 5.35. The van der Waals surface area contributed by atoms with Gasteiger partial charge in [0.2, 0.25) is 5.88 Å². The molecule has 0 fully saturated rings. The highest BCUT2D eigenvalue weighted by Gasteiger charge is 2.34. The highest BCUT2D eigenvalue weighted by atomic mass is 32.1. The summed E-state index contributed by atoms with van der Waals surface area (Å²) in [6.07, 6.45) is 1.57. The van der Waals surface area contributed by atoms with Crippen LogP contribution in [0.5, 0.6) is 5.75 Å². The number of hydrogen-bond donors (Lipinski definition) is 1. The van der Waals surface area contributed by atoms with Crippen LogP contribution in [0.15, 0.2) is 62.6 Å². The molecule has 130 valence electrons. The molecule has 4 rings (SSSR count). The second-order valence-electron chi connectivity index (χ2n) is 5.97. The topological polar surface area (TPSA) is 94.2 Å². The van der Waals surface area contributed by atoms with Crippen LogP contribution in [0.2, 0.25) is 0 Å². The number of allylic oxidation sites excluding steroid dienone is 1. The summed E-state index contributed by atoms with van der Waals surface area (Å²) in [5, 5.41) is 11.5. The molecule has 0 saturated heterocycles. The molecule has 3 aromatic heterocycles. The van der Waals surface area contributed by atoms with E-state index < -0.39 is 5.92 Å². The van der Waals surface area contributed by atoms with Gasteiger partial charge >= 0.3 is 0 Å². The number of ether oxygens (including phenoxy) is 1. The van der Waals surface area contributed by atoms with E-state index in [0.29, 0.717) is 23.6 Å². The quantitative estimate of drug-likeness (QED) is 0.770. The van der Waals surface area contributed by atoms with E-state index in [0.717, 1.165) is 10.6 Å². The third kappa shape index (κ3) is 2.52. The van der Waals surface area contributed by atoms with Gasteiger partial charge in [0.25, 0.3) is 5.56 Å². The molecule has 0 bridgehead atoms. The standard InChI is InChI=1S/C19H15N3O3S/c1-11-8-14-17(19(23)22(11)10-12-4-2-6-24-12)16(15-5-3-7-26-15)13(9-20)18(21)25-14/h2-8,16H,10,21H2,1H3. The Balaban J connectivity index is 1.94. The van der Waals surface area contributed by atoms with Crippen molar-refractivity contribution in [2.75, 3.05) is 0 Å². The molecule has 4 heterocycles. The number of rotatable bonds is 3. The highest BCUT2D eigenvalue weighted by molar-refractivity contribution is 7.10. The number of aryl methyl sites for hydroxylation is 1. The normalized spacial score (nSPS) is 16.1. The summed E-state index contributed by atoms with van der Waals surface area (Å²) in [5.74, 6) is 0.592. The Morgan fingerprint density at radius 2 is 2.23 bits per heavy atom. The van der Waals surface area contributed by atoms with E-state index in [1.54, 1.807) is 23.0 Å². The molecule has 1 atom stereocenters. The minimum absolute atomic E-state index is 0.0426. The van der Waals surface area contributed by atoms with Gasteiger partial charge in [0.05, 0.1) is 24.3 Å². The number of nitrogens with two attached hydrogens (primary N) is 1. The van der Waals surface area contributed by atoms with Crippen molar-refractivity contribution in [1.29, 1.82) is 5.26 Å². The van der Waals surface area contributed by atoms with Gasteiger partial charge in [0.15, 0.2) is 0 Å². The first-order valence-electron chi connectivity index (χ1n) is 7.98. The molecule has 0 saturated carbocycles. The van der Waals surface area contributed by atoms with E-state index in [1.165, 1.54) is 11.3 Å². The molecule has 0 amide bonds. The Kier molecular flexibility index (Phi) is 3.90. The van der Waals surface area contributed by atoms with Gasteiger partial charge in [-0.05, 0) is 30.5 Å². The van der Waals surface area contributed by atoms with Crippen molar-refractivity contribution in [2.24, 2.45) is 5.73 Å². The number of fused-ring (bicyclic) bond motifs is 1. The van der Waals surface area contributed by atoms with Crippen LogP contribution in [0.4, 0.5) is 0 Å². The fraction of sp³-hybridized carbons (Fsp3) is 0.158. The third-order valence-electron chi connectivity index (χ3n) is 4.41. The lowest BCUT2D eigenvalue weighted by atomic mass is 9.88. The van der Waals surface area contributed by atoms with Crippen LogP contribution in [0.25, 0.3) is 0 Å². The maximum Gasteiger partial charge on any atom is 0.259 e. The molecule has 0 radical (unpaired) electrons. The maximum atomic E-state index is 13.3. The van der Waals surface area contributed by atoms with Crippen LogP contribution >= 0.6 is 11.3 Å². The molecule has 2 N–H and O–H groups in total. The predicted octanol–water partition coefficient (Wildman–Crippen LogP) is 3.08. The molecule has 26 heavy (non-hydrogen) atoms. The van der Waals surface area contributed by atoms with Gasteiger partial charge in [-0.1, -0.05) is 6.07 Å². The second kappa shape index (κ2) is 6.24. The summed E-state index contributed by atoms with van der Waals surface area (Å²) in [4.78, 5) is 14.2. The molecule has 1 unspecified atom stereocenters. The van der Waals surface area contributed by atoms with Crippen molar-refractivity contribution in [2.45, 2.75) is 19.4 Å². The van der Waals surface area contributed by atoms with Gasteiger partial charge in [-0.25, -0.2) is 0 Å². The average Bonchev–Trinajstić information content (AvgIpc) is 3.31. The van der Waals surface area contributed by atoms with Crippen LogP contribution in [0.3, 0.4) is 0 Å². The van der Waals surface area contributed by atoms with E-state index in [4.69, 9.17) is 14.9 Å². The van der Waals surface area contributed by atoms with Crippen molar-refractivity contribution in [3.63, 3.8) is 0 Å². The number of nitriles is 1. The van der Waals surface area contributed by atoms with Crippen molar-refractivity contribution in [3.05, 3.63) is 85.7 Å². The lowest BCUT2D eigenvalue weighted by molar-refractivity contribution is 0.388. The molecule has 3 aromatic rings. The summed E-state index contributed by atoms with van der Waals surface area (Å²) >= 11 is 1.48. The smallest absolute Gasteiger partial charge is 0.259 e. The molecule has 0 aliphatic carbocycles. The SMILES string of the molecule is Cc1cc2c(c(=O)n1Cc1ccco1)C(c1cccs1)C(C#N)=C(N)O2. The van der Waals surface area contributed by atoms with E-state index in [1.807, 2.05) is 30.5 Å². The van der Waals surface area contributed by atoms with Gasteiger partial charge in [0.1, 0.15) is 23.2 Å². The fourth-order valence-corrected chi connectivity index (χ4v) is 4.02. The molecule has 1 aliphatic heterocycles. The molecule has 7 heteroatoms. The van der Waals surface area contributed by atoms with Gasteiger partial charge in [0, 0.05) is 16.6 Å². The molecular weight excluding hydrogens is 350 g/mol. The largest absolute Gasteiger partial charge is 0.467 e. The molecule has 0 spiro atoms. The fourth-order valence-electron chi connectivity index (χ4n) is 3.18. The van der Waals surface area contributed by atoms with Crippen molar-refractivity contribution in [3.8, 4) is 11.8 Å². The van der Waals surface area contributed by atoms with Gasteiger partial charge < -0.3 is 19.5 Å². The lowest BCUT2D eigenvalue weighted by Crippen LogP contribution is -2.32. The zero-order valence-corrected chi connectivity index (χ0v) is 14.7. The summed E-state index contributed by atoms with van der Waals surface area (Å²) in [6, 6.07) is 11.3. The Labute approximate surface area is 153 Å². The van der Waals surface area contributed by atoms with Crippen LogP contribution in [-0.4, -0.2) is 4.57 Å². The molecule has 0 aromatic carbocycles. The lowest BCUT2D eigenvalue weighted by Gasteiger charge is -2.26. The molecule has 1 aliphatic rings. The van der Waals surface area contributed by atoms with Crippen LogP contribution in [0, 0.1) is 18.3 Å². The minimum atomic E-state index is -0.528. The summed E-state index contributed by atoms with van der Waals surface area (Å²) in [6.45, 7) is 2.14. The number of thiophene rings is 1. The number of hydrogen-bond acceptors (Lipinski definition) is 6. The van der Waals surface area contributed by atoms with Crippen LogP contribution < -0.4 is 16.0 Å². The number of pyridine rings is 1. The van der Waals surface area contributed by atoms with Gasteiger partial charge in [-0.2, -0.15) is 5.26 Å². The summed E-state index contributed by atoms with van der Waals surface area (Å²) in [5.41, 5.74) is 7.16. The van der Waals surface area contributed by atoms with E-state index >= 15 is 0 Å². The van der Waals surface area contributed by atoms with E-state index in [2.05, 4.69) is 6.07 Å². The van der Waals surface area contributed by atoms with E-state index in [-0.39, 0.29) is 17.0 Å². The number of nitrogens with zero attached hydrogens (tertiary/aromatic N) is 2. The minimum Gasteiger partial charge on any atom is -0.467 e. The van der Waals surface area contributed by atoms with Gasteiger partial charge in [-0.3, -0.25) is 4.79 Å². The zero-order valence-electron chi connectivity index (χ0n) is 13.9. The molecule has 6 nitrogen and oxygen atoms in total.